The number of non-ortho nitro benzene ring substituents is 1. The normalized spacial score (nSPS) is 11.0. The fourth-order valence-electron chi connectivity index (χ4n) is 2.36. The van der Waals surface area contributed by atoms with Crippen molar-refractivity contribution in [2.75, 3.05) is 5.32 Å². The van der Waals surface area contributed by atoms with E-state index in [1.54, 1.807) is 23.7 Å². The van der Waals surface area contributed by atoms with E-state index in [4.69, 9.17) is 0 Å². The van der Waals surface area contributed by atoms with E-state index in [0.29, 0.717) is 16.2 Å². The highest BCUT2D eigenvalue weighted by Gasteiger charge is 2.10. The molecule has 0 spiro atoms. The molecule has 0 atom stereocenters. The molecule has 2 aromatic carbocycles. The van der Waals surface area contributed by atoms with Crippen molar-refractivity contribution in [1.29, 1.82) is 0 Å². The number of nitro benzene ring substituents is 1. The number of carbonyl (C=O) groups is 1. The lowest BCUT2D eigenvalue weighted by Crippen LogP contribution is -2.19. The van der Waals surface area contributed by atoms with Gasteiger partial charge in [0.25, 0.3) is 5.69 Å². The average molecular weight is 423 g/mol. The lowest BCUT2D eigenvalue weighted by molar-refractivity contribution is -0.384. The van der Waals surface area contributed by atoms with Crippen LogP contribution in [0.2, 0.25) is 0 Å². The first-order valence-corrected chi connectivity index (χ1v) is 8.78. The maximum Gasteiger partial charge on any atom is 0.269 e. The third kappa shape index (κ3) is 5.24. The molecular weight excluding hydrogens is 407 g/mol. The molecule has 0 aliphatic heterocycles. The molecule has 0 aliphatic carbocycles. The van der Waals surface area contributed by atoms with Crippen molar-refractivity contribution in [3.63, 3.8) is 0 Å². The Bertz CT molecular complexity index is 1060. The Morgan fingerprint density at radius 3 is 2.64 bits per heavy atom. The summed E-state index contributed by atoms with van der Waals surface area (Å²) in [6.45, 7) is 0. The Hall–Kier alpha value is -3.04. The molecule has 28 heavy (non-hydrogen) atoms. The van der Waals surface area contributed by atoms with Gasteiger partial charge in [-0.2, -0.15) is 0 Å². The van der Waals surface area contributed by atoms with Crippen LogP contribution in [0.5, 0.6) is 0 Å². The van der Waals surface area contributed by atoms with Gasteiger partial charge < -0.3 is 9.88 Å². The van der Waals surface area contributed by atoms with Gasteiger partial charge in [0.1, 0.15) is 5.82 Å². The van der Waals surface area contributed by atoms with Crippen LogP contribution in [0, 0.1) is 15.9 Å². The summed E-state index contributed by atoms with van der Waals surface area (Å²) < 4.78 is 15.0. The molecule has 0 saturated carbocycles. The van der Waals surface area contributed by atoms with E-state index in [0.717, 1.165) is 5.69 Å². The first kappa shape index (κ1) is 21.3. The topological polar surface area (TPSA) is 89.5 Å². The number of nitrogens with one attached hydrogen (secondary N) is 1. The number of amides is 1. The quantitative estimate of drug-likeness (QED) is 0.498. The Morgan fingerprint density at radius 1 is 1.29 bits per heavy atom. The van der Waals surface area contributed by atoms with Crippen molar-refractivity contribution < 1.29 is 14.1 Å². The fraction of sp³-hybridized carbons (Fsp3) is 0.111. The van der Waals surface area contributed by atoms with Gasteiger partial charge in [-0.3, -0.25) is 14.9 Å². The van der Waals surface area contributed by atoms with Gasteiger partial charge in [-0.1, -0.05) is 6.07 Å². The lowest BCUT2D eigenvalue weighted by Gasteiger charge is -2.05. The van der Waals surface area contributed by atoms with Gasteiger partial charge in [0.15, 0.2) is 4.80 Å². The second-order valence-electron chi connectivity index (χ2n) is 5.69. The second-order valence-corrected chi connectivity index (χ2v) is 6.53. The Balaban J connectivity index is 0.00000280. The molecule has 1 amide bonds. The van der Waals surface area contributed by atoms with Crippen molar-refractivity contribution >= 4 is 46.7 Å². The molecule has 1 heterocycles. The molecule has 1 aromatic heterocycles. The molecule has 0 fully saturated rings. The summed E-state index contributed by atoms with van der Waals surface area (Å²) in [5.74, 6) is -0.618. The zero-order valence-electron chi connectivity index (χ0n) is 14.7. The summed E-state index contributed by atoms with van der Waals surface area (Å²) in [5, 5.41) is 15.2. The summed E-state index contributed by atoms with van der Waals surface area (Å²) in [5.41, 5.74) is 1.68. The number of rotatable bonds is 5. The van der Waals surface area contributed by atoms with E-state index in [-0.39, 0.29) is 36.2 Å². The number of nitrogens with zero attached hydrogens (tertiary/aromatic N) is 3. The molecule has 0 unspecified atom stereocenters. The number of halogens is 2. The molecule has 7 nitrogen and oxygen atoms in total. The molecule has 10 heteroatoms. The largest absolute Gasteiger partial charge is 0.326 e. The van der Waals surface area contributed by atoms with E-state index in [1.807, 2.05) is 5.38 Å². The summed E-state index contributed by atoms with van der Waals surface area (Å²) in [4.78, 5) is 27.4. The standard InChI is InChI=1S/C18H15FN4O3S.ClH/c1-22-16(11-27-18(22)21-14-4-2-3-12(19)9-14)10-17(24)20-13-5-7-15(8-6-13)23(25)26;/h2-9,11H,10H2,1H3,(H,20,24);1H. The predicted molar refractivity (Wildman–Crippen MR) is 108 cm³/mol. The first-order valence-electron chi connectivity index (χ1n) is 7.90. The minimum Gasteiger partial charge on any atom is -0.326 e. The van der Waals surface area contributed by atoms with Crippen LogP contribution in [0.1, 0.15) is 5.69 Å². The van der Waals surface area contributed by atoms with E-state index in [9.17, 15) is 19.3 Å². The van der Waals surface area contributed by atoms with E-state index < -0.39 is 4.92 Å². The second kappa shape index (κ2) is 9.25. The van der Waals surface area contributed by atoms with Crippen molar-refractivity contribution in [2.24, 2.45) is 12.0 Å². The monoisotopic (exact) mass is 422 g/mol. The number of carbonyl (C=O) groups excluding carboxylic acids is 1. The van der Waals surface area contributed by atoms with Crippen LogP contribution in [0.3, 0.4) is 0 Å². The number of aromatic nitrogens is 1. The van der Waals surface area contributed by atoms with Crippen molar-refractivity contribution in [3.8, 4) is 0 Å². The van der Waals surface area contributed by atoms with E-state index >= 15 is 0 Å². The number of anilines is 1. The SMILES string of the molecule is Cl.Cn1c(CC(=O)Nc2ccc([N+](=O)[O-])cc2)csc1=Nc1cccc(F)c1. The van der Waals surface area contributed by atoms with Gasteiger partial charge in [-0.25, -0.2) is 9.38 Å². The number of hydrogen-bond donors (Lipinski definition) is 1. The van der Waals surface area contributed by atoms with Gasteiger partial charge in [-0.05, 0) is 30.3 Å². The smallest absolute Gasteiger partial charge is 0.269 e. The molecule has 0 saturated heterocycles. The van der Waals surface area contributed by atoms with Gasteiger partial charge in [0.05, 0.1) is 17.0 Å². The molecule has 146 valence electrons. The summed E-state index contributed by atoms with van der Waals surface area (Å²) in [7, 11) is 1.78. The van der Waals surface area contributed by atoms with Crippen LogP contribution in [0.25, 0.3) is 0 Å². The van der Waals surface area contributed by atoms with Crippen LogP contribution >= 0.6 is 23.7 Å². The molecular formula is C18H16ClFN4O3S. The summed E-state index contributed by atoms with van der Waals surface area (Å²) in [6, 6.07) is 11.6. The van der Waals surface area contributed by atoms with Crippen LogP contribution < -0.4 is 10.1 Å². The highest BCUT2D eigenvalue weighted by molar-refractivity contribution is 7.07. The van der Waals surface area contributed by atoms with Crippen LogP contribution in [0.15, 0.2) is 58.9 Å². The van der Waals surface area contributed by atoms with Crippen LogP contribution in [0.4, 0.5) is 21.5 Å². The molecule has 3 aromatic rings. The molecule has 3 rings (SSSR count). The number of benzene rings is 2. The average Bonchev–Trinajstić information content (AvgIpc) is 2.95. The molecule has 0 bridgehead atoms. The van der Waals surface area contributed by atoms with Gasteiger partial charge in [0, 0.05) is 35.9 Å². The Labute approximate surface area is 169 Å². The molecule has 0 aliphatic rings. The van der Waals surface area contributed by atoms with Crippen molar-refractivity contribution in [2.45, 2.75) is 6.42 Å². The number of hydrogen-bond acceptors (Lipinski definition) is 5. The van der Waals surface area contributed by atoms with Crippen molar-refractivity contribution in [3.05, 3.63) is 80.3 Å². The molecule has 1 N–H and O–H groups in total. The van der Waals surface area contributed by atoms with E-state index in [1.165, 1.54) is 47.7 Å². The number of thiazole rings is 1. The minimum atomic E-state index is -0.499. The predicted octanol–water partition coefficient (Wildman–Crippen LogP) is 3.97. The van der Waals surface area contributed by atoms with Gasteiger partial charge >= 0.3 is 0 Å². The Morgan fingerprint density at radius 2 is 2.00 bits per heavy atom. The summed E-state index contributed by atoms with van der Waals surface area (Å²) >= 11 is 1.35. The lowest BCUT2D eigenvalue weighted by atomic mass is 10.2. The zero-order chi connectivity index (χ0) is 19.4. The third-order valence-electron chi connectivity index (χ3n) is 3.75. The minimum absolute atomic E-state index is 0. The van der Waals surface area contributed by atoms with Crippen molar-refractivity contribution in [1.82, 2.24) is 4.57 Å². The first-order chi connectivity index (χ1) is 12.9. The fourth-order valence-corrected chi connectivity index (χ4v) is 3.27. The summed E-state index contributed by atoms with van der Waals surface area (Å²) in [6.07, 6.45) is 0.114. The third-order valence-corrected chi connectivity index (χ3v) is 4.72. The number of nitro groups is 1. The maximum atomic E-state index is 13.3. The van der Waals surface area contributed by atoms with Crippen LogP contribution in [-0.4, -0.2) is 15.4 Å². The Kier molecular flexibility index (Phi) is 7.02. The maximum absolute atomic E-state index is 13.3. The van der Waals surface area contributed by atoms with Crippen LogP contribution in [-0.2, 0) is 18.3 Å². The van der Waals surface area contributed by atoms with E-state index in [2.05, 4.69) is 10.3 Å². The zero-order valence-corrected chi connectivity index (χ0v) is 16.3. The highest BCUT2D eigenvalue weighted by Crippen LogP contribution is 2.16. The van der Waals surface area contributed by atoms with Gasteiger partial charge in [-0.15, -0.1) is 23.7 Å². The molecule has 0 radical (unpaired) electrons. The van der Waals surface area contributed by atoms with Gasteiger partial charge in [0.2, 0.25) is 5.91 Å². The highest BCUT2D eigenvalue weighted by atomic mass is 35.5.